The van der Waals surface area contributed by atoms with Crippen LogP contribution < -0.4 is 10.5 Å². The number of nitrogens with two attached hydrogens (primary N) is 1. The molecular formula is C12H10Cl2N2O. The minimum atomic E-state index is 0.331. The topological polar surface area (TPSA) is 48.1 Å². The second kappa shape index (κ2) is 4.82. The molecule has 2 aromatic rings. The minimum Gasteiger partial charge on any atom is -0.497 e. The lowest BCUT2D eigenvalue weighted by Gasteiger charge is -2.10. The van der Waals surface area contributed by atoms with Crippen molar-refractivity contribution >= 4 is 28.9 Å². The zero-order valence-electron chi connectivity index (χ0n) is 9.08. The summed E-state index contributed by atoms with van der Waals surface area (Å²) in [6, 6.07) is 6.99. The van der Waals surface area contributed by atoms with Gasteiger partial charge in [0.2, 0.25) is 0 Å². The van der Waals surface area contributed by atoms with Crippen molar-refractivity contribution in [3.05, 3.63) is 40.6 Å². The first-order valence-electron chi connectivity index (χ1n) is 4.87. The number of aromatic nitrogens is 1. The van der Waals surface area contributed by atoms with E-state index in [4.69, 9.17) is 33.7 Å². The SMILES string of the molecule is COc1ccc(-c2c(N)ccnc2Cl)c(Cl)c1. The Bertz CT molecular complexity index is 538. The van der Waals surface area contributed by atoms with Crippen LogP contribution in [0.15, 0.2) is 30.5 Å². The highest BCUT2D eigenvalue weighted by molar-refractivity contribution is 6.36. The largest absolute Gasteiger partial charge is 0.497 e. The Labute approximate surface area is 109 Å². The Morgan fingerprint density at radius 3 is 2.59 bits per heavy atom. The lowest BCUT2D eigenvalue weighted by Crippen LogP contribution is -1.93. The zero-order valence-corrected chi connectivity index (χ0v) is 10.6. The van der Waals surface area contributed by atoms with Gasteiger partial charge in [-0.1, -0.05) is 23.2 Å². The summed E-state index contributed by atoms with van der Waals surface area (Å²) in [5.41, 5.74) is 7.80. The third-order valence-corrected chi connectivity index (χ3v) is 2.98. The zero-order chi connectivity index (χ0) is 12.4. The third-order valence-electron chi connectivity index (χ3n) is 2.38. The quantitative estimate of drug-likeness (QED) is 0.846. The normalized spacial score (nSPS) is 10.3. The Kier molecular flexibility index (Phi) is 3.41. The minimum absolute atomic E-state index is 0.331. The fraction of sp³-hybridized carbons (Fsp3) is 0.0833. The highest BCUT2D eigenvalue weighted by Gasteiger charge is 2.12. The van der Waals surface area contributed by atoms with E-state index in [1.165, 1.54) is 0 Å². The Morgan fingerprint density at radius 1 is 1.24 bits per heavy atom. The first-order valence-corrected chi connectivity index (χ1v) is 5.63. The van der Waals surface area contributed by atoms with Gasteiger partial charge in [-0.25, -0.2) is 4.98 Å². The van der Waals surface area contributed by atoms with Crippen molar-refractivity contribution in [1.82, 2.24) is 4.98 Å². The summed E-state index contributed by atoms with van der Waals surface area (Å²) in [4.78, 5) is 4.00. The molecule has 0 aliphatic carbocycles. The van der Waals surface area contributed by atoms with Crippen LogP contribution in [-0.4, -0.2) is 12.1 Å². The molecule has 0 unspecified atom stereocenters. The molecule has 0 saturated carbocycles. The fourth-order valence-corrected chi connectivity index (χ4v) is 2.07. The van der Waals surface area contributed by atoms with Gasteiger partial charge >= 0.3 is 0 Å². The molecule has 0 aliphatic heterocycles. The molecule has 17 heavy (non-hydrogen) atoms. The van der Waals surface area contributed by atoms with E-state index in [0.717, 1.165) is 5.56 Å². The number of nitrogen functional groups attached to an aromatic ring is 1. The van der Waals surface area contributed by atoms with E-state index < -0.39 is 0 Å². The summed E-state index contributed by atoms with van der Waals surface area (Å²) in [5.74, 6) is 0.678. The lowest BCUT2D eigenvalue weighted by atomic mass is 10.1. The molecule has 0 spiro atoms. The summed E-state index contributed by atoms with van der Waals surface area (Å²) in [6.45, 7) is 0. The van der Waals surface area contributed by atoms with Crippen LogP contribution in [0.2, 0.25) is 10.2 Å². The average Bonchev–Trinajstić information content (AvgIpc) is 2.30. The summed E-state index contributed by atoms with van der Waals surface area (Å²) >= 11 is 12.2. The van der Waals surface area contributed by atoms with Gasteiger partial charge in [-0.15, -0.1) is 0 Å². The molecule has 0 bridgehead atoms. The van der Waals surface area contributed by atoms with Gasteiger partial charge in [0.05, 0.1) is 12.1 Å². The van der Waals surface area contributed by atoms with Crippen molar-refractivity contribution in [2.45, 2.75) is 0 Å². The highest BCUT2D eigenvalue weighted by Crippen LogP contribution is 2.37. The van der Waals surface area contributed by atoms with E-state index in [0.29, 0.717) is 27.2 Å². The number of hydrogen-bond donors (Lipinski definition) is 1. The Balaban J connectivity index is 2.61. The predicted octanol–water partition coefficient (Wildman–Crippen LogP) is 3.65. The van der Waals surface area contributed by atoms with E-state index in [1.807, 2.05) is 0 Å². The van der Waals surface area contributed by atoms with Gasteiger partial charge in [0, 0.05) is 23.0 Å². The van der Waals surface area contributed by atoms with E-state index >= 15 is 0 Å². The predicted molar refractivity (Wildman–Crippen MR) is 70.7 cm³/mol. The van der Waals surface area contributed by atoms with Gasteiger partial charge in [-0.3, -0.25) is 0 Å². The first kappa shape index (κ1) is 12.0. The number of benzene rings is 1. The summed E-state index contributed by atoms with van der Waals surface area (Å²) < 4.78 is 5.08. The second-order valence-corrected chi connectivity index (χ2v) is 4.18. The molecule has 0 amide bonds. The van der Waals surface area contributed by atoms with Crippen LogP contribution in [0.25, 0.3) is 11.1 Å². The van der Waals surface area contributed by atoms with Gasteiger partial charge in [-0.2, -0.15) is 0 Å². The summed E-state index contributed by atoms with van der Waals surface area (Å²) in [7, 11) is 1.58. The molecule has 0 aliphatic rings. The van der Waals surface area contributed by atoms with E-state index in [9.17, 15) is 0 Å². The molecular weight excluding hydrogens is 259 g/mol. The van der Waals surface area contributed by atoms with Crippen molar-refractivity contribution in [2.24, 2.45) is 0 Å². The van der Waals surface area contributed by atoms with Gasteiger partial charge in [0.15, 0.2) is 0 Å². The molecule has 1 aromatic carbocycles. The molecule has 0 radical (unpaired) electrons. The maximum atomic E-state index is 6.16. The summed E-state index contributed by atoms with van der Waals surface area (Å²) in [6.07, 6.45) is 1.55. The monoisotopic (exact) mass is 268 g/mol. The number of pyridine rings is 1. The summed E-state index contributed by atoms with van der Waals surface area (Å²) in [5, 5.41) is 0.850. The van der Waals surface area contributed by atoms with Crippen LogP contribution >= 0.6 is 23.2 Å². The average molecular weight is 269 g/mol. The number of nitrogens with zero attached hydrogens (tertiary/aromatic N) is 1. The standard InChI is InChI=1S/C12H10Cl2N2O/c1-17-7-2-3-8(9(13)6-7)11-10(15)4-5-16-12(11)14/h2-6H,1H3,(H2,15,16). The van der Waals surface area contributed by atoms with Crippen molar-refractivity contribution in [3.63, 3.8) is 0 Å². The van der Waals surface area contributed by atoms with Crippen LogP contribution in [0.1, 0.15) is 0 Å². The van der Waals surface area contributed by atoms with Gasteiger partial charge < -0.3 is 10.5 Å². The van der Waals surface area contributed by atoms with Crippen LogP contribution in [0.5, 0.6) is 5.75 Å². The Hall–Kier alpha value is -1.45. The van der Waals surface area contributed by atoms with Crippen molar-refractivity contribution in [3.8, 4) is 16.9 Å². The number of hydrogen-bond acceptors (Lipinski definition) is 3. The van der Waals surface area contributed by atoms with Crippen LogP contribution in [0.3, 0.4) is 0 Å². The van der Waals surface area contributed by atoms with Gasteiger partial charge in [0.1, 0.15) is 10.9 Å². The van der Waals surface area contributed by atoms with E-state index in [-0.39, 0.29) is 0 Å². The maximum Gasteiger partial charge on any atom is 0.138 e. The van der Waals surface area contributed by atoms with Crippen LogP contribution in [0, 0.1) is 0 Å². The van der Waals surface area contributed by atoms with E-state index in [2.05, 4.69) is 4.98 Å². The first-order chi connectivity index (χ1) is 8.13. The van der Waals surface area contributed by atoms with Crippen molar-refractivity contribution < 1.29 is 4.74 Å². The highest BCUT2D eigenvalue weighted by atomic mass is 35.5. The number of ether oxygens (including phenoxy) is 1. The van der Waals surface area contributed by atoms with Gasteiger partial charge in [0.25, 0.3) is 0 Å². The third kappa shape index (κ3) is 2.30. The number of rotatable bonds is 2. The molecule has 1 heterocycles. The van der Waals surface area contributed by atoms with Gasteiger partial charge in [-0.05, 0) is 24.3 Å². The Morgan fingerprint density at radius 2 is 2.00 bits per heavy atom. The molecule has 0 atom stereocenters. The van der Waals surface area contributed by atoms with E-state index in [1.54, 1.807) is 37.6 Å². The molecule has 0 fully saturated rings. The smallest absolute Gasteiger partial charge is 0.138 e. The lowest BCUT2D eigenvalue weighted by molar-refractivity contribution is 0.415. The molecule has 3 nitrogen and oxygen atoms in total. The molecule has 88 valence electrons. The number of halogens is 2. The molecule has 2 N–H and O–H groups in total. The molecule has 5 heteroatoms. The molecule has 0 saturated heterocycles. The molecule has 2 rings (SSSR count). The maximum absolute atomic E-state index is 6.16. The fourth-order valence-electron chi connectivity index (χ4n) is 1.54. The molecule has 1 aromatic heterocycles. The second-order valence-electron chi connectivity index (χ2n) is 3.41. The van der Waals surface area contributed by atoms with Crippen molar-refractivity contribution in [1.29, 1.82) is 0 Å². The number of anilines is 1. The number of methoxy groups -OCH3 is 1. The van der Waals surface area contributed by atoms with Crippen LogP contribution in [-0.2, 0) is 0 Å². The van der Waals surface area contributed by atoms with Crippen molar-refractivity contribution in [2.75, 3.05) is 12.8 Å². The van der Waals surface area contributed by atoms with Crippen LogP contribution in [0.4, 0.5) is 5.69 Å².